The Morgan fingerprint density at radius 1 is 1.31 bits per heavy atom. The fraction of sp³-hybridized carbons (Fsp3) is 0.500. The molecular formula is C10H15N3. The van der Waals surface area contributed by atoms with E-state index in [0.717, 1.165) is 11.2 Å². The summed E-state index contributed by atoms with van der Waals surface area (Å²) < 4.78 is 3.89. The Bertz CT molecular complexity index is 428. The number of aromatic nitrogens is 3. The van der Waals surface area contributed by atoms with Crippen molar-refractivity contribution in [2.45, 2.75) is 26.2 Å². The van der Waals surface area contributed by atoms with Crippen LogP contribution in [0, 0.1) is 0 Å². The van der Waals surface area contributed by atoms with Crippen LogP contribution in [0.15, 0.2) is 18.3 Å². The average Bonchev–Trinajstić information content (AvgIpc) is 2.51. The third kappa shape index (κ3) is 1.24. The zero-order valence-corrected chi connectivity index (χ0v) is 8.57. The molecule has 0 N–H and O–H groups in total. The molecule has 0 amide bonds. The van der Waals surface area contributed by atoms with E-state index in [4.69, 9.17) is 0 Å². The Hall–Kier alpha value is -1.25. The van der Waals surface area contributed by atoms with Crippen molar-refractivity contribution in [2.24, 2.45) is 7.05 Å². The Kier molecular flexibility index (Phi) is 1.53. The van der Waals surface area contributed by atoms with Gasteiger partial charge >= 0.3 is 0 Å². The summed E-state index contributed by atoms with van der Waals surface area (Å²) in [6.45, 7) is 6.53. The van der Waals surface area contributed by atoms with Gasteiger partial charge in [0.2, 0.25) is 0 Å². The molecule has 2 heterocycles. The first-order valence-corrected chi connectivity index (χ1v) is 4.50. The molecule has 70 valence electrons. The van der Waals surface area contributed by atoms with Crippen LogP contribution in [-0.4, -0.2) is 14.4 Å². The summed E-state index contributed by atoms with van der Waals surface area (Å²) in [6.07, 6.45) is 2.01. The first-order valence-electron chi connectivity index (χ1n) is 4.50. The second-order valence-corrected chi connectivity index (χ2v) is 4.48. The maximum atomic E-state index is 4.52. The van der Waals surface area contributed by atoms with Crippen LogP contribution in [-0.2, 0) is 12.5 Å². The van der Waals surface area contributed by atoms with E-state index in [9.17, 15) is 0 Å². The summed E-state index contributed by atoms with van der Waals surface area (Å²) in [5.41, 5.74) is 2.43. The monoisotopic (exact) mass is 177 g/mol. The molecule has 3 heteroatoms. The van der Waals surface area contributed by atoms with E-state index in [0.29, 0.717) is 0 Å². The first-order chi connectivity index (χ1) is 5.98. The molecule has 0 fully saturated rings. The molecule has 2 aromatic rings. The van der Waals surface area contributed by atoms with Gasteiger partial charge in [-0.05, 0) is 12.1 Å². The van der Waals surface area contributed by atoms with Gasteiger partial charge in [0.25, 0.3) is 0 Å². The minimum atomic E-state index is 0.131. The fourth-order valence-corrected chi connectivity index (χ4v) is 1.37. The van der Waals surface area contributed by atoms with Crippen LogP contribution in [0.4, 0.5) is 0 Å². The maximum Gasteiger partial charge on any atom is 0.0870 e. The summed E-state index contributed by atoms with van der Waals surface area (Å²) >= 11 is 0. The largest absolute Gasteiger partial charge is 0.275 e. The van der Waals surface area contributed by atoms with Crippen LogP contribution in [0.3, 0.4) is 0 Å². The fourth-order valence-electron chi connectivity index (χ4n) is 1.37. The number of nitrogens with zero attached hydrogens (tertiary/aromatic N) is 3. The molecule has 0 aliphatic carbocycles. The zero-order valence-electron chi connectivity index (χ0n) is 8.57. The zero-order chi connectivity index (χ0) is 9.64. The standard InChI is InChI=1S/C10H15N3/c1-10(2,3)9-7-8-5-6-12(4)13(8)11-9/h5-7H,1-4H3. The van der Waals surface area contributed by atoms with Gasteiger partial charge in [0.05, 0.1) is 11.2 Å². The highest BCUT2D eigenvalue weighted by Gasteiger charge is 2.18. The van der Waals surface area contributed by atoms with Crippen molar-refractivity contribution < 1.29 is 0 Å². The molecule has 0 atom stereocenters. The van der Waals surface area contributed by atoms with Crippen LogP contribution >= 0.6 is 0 Å². The quantitative estimate of drug-likeness (QED) is 0.603. The number of rotatable bonds is 0. The molecule has 2 aromatic heterocycles. The third-order valence-corrected chi connectivity index (χ3v) is 2.25. The summed E-state index contributed by atoms with van der Waals surface area (Å²) in [7, 11) is 1.99. The lowest BCUT2D eigenvalue weighted by molar-refractivity contribution is 0.539. The van der Waals surface area contributed by atoms with E-state index in [-0.39, 0.29) is 5.41 Å². The van der Waals surface area contributed by atoms with Crippen molar-refractivity contribution in [1.29, 1.82) is 0 Å². The number of hydrogen-bond acceptors (Lipinski definition) is 1. The lowest BCUT2D eigenvalue weighted by atomic mass is 9.92. The van der Waals surface area contributed by atoms with Gasteiger partial charge in [-0.2, -0.15) is 9.73 Å². The number of hydrogen-bond donors (Lipinski definition) is 0. The Balaban J connectivity index is 2.63. The smallest absolute Gasteiger partial charge is 0.0870 e. The molecule has 2 rings (SSSR count). The highest BCUT2D eigenvalue weighted by Crippen LogP contribution is 2.21. The molecule has 0 bridgehead atoms. The second kappa shape index (κ2) is 2.37. The molecule has 0 aliphatic rings. The minimum absolute atomic E-state index is 0.131. The molecule has 0 saturated carbocycles. The van der Waals surface area contributed by atoms with Gasteiger partial charge in [-0.3, -0.25) is 4.68 Å². The van der Waals surface area contributed by atoms with Gasteiger partial charge in [0.15, 0.2) is 0 Å². The van der Waals surface area contributed by atoms with E-state index < -0.39 is 0 Å². The second-order valence-electron chi connectivity index (χ2n) is 4.48. The Labute approximate surface area is 77.9 Å². The molecule has 0 spiro atoms. The van der Waals surface area contributed by atoms with E-state index in [2.05, 4.69) is 38.0 Å². The van der Waals surface area contributed by atoms with Gasteiger partial charge < -0.3 is 0 Å². The lowest BCUT2D eigenvalue weighted by Gasteiger charge is -2.13. The normalized spacial score (nSPS) is 12.6. The molecule has 13 heavy (non-hydrogen) atoms. The number of fused-ring (bicyclic) bond motifs is 1. The predicted octanol–water partition coefficient (Wildman–Crippen LogP) is 1.97. The SMILES string of the molecule is Cn1ccc2cc(C(C)(C)C)nn21. The van der Waals surface area contributed by atoms with Crippen molar-refractivity contribution in [3.63, 3.8) is 0 Å². The Morgan fingerprint density at radius 2 is 2.00 bits per heavy atom. The van der Waals surface area contributed by atoms with E-state index in [1.54, 1.807) is 0 Å². The van der Waals surface area contributed by atoms with Crippen molar-refractivity contribution in [3.05, 3.63) is 24.0 Å². The highest BCUT2D eigenvalue weighted by molar-refractivity contribution is 5.47. The molecule has 0 saturated heterocycles. The van der Waals surface area contributed by atoms with Crippen molar-refractivity contribution in [2.75, 3.05) is 0 Å². The van der Waals surface area contributed by atoms with Crippen molar-refractivity contribution >= 4 is 5.52 Å². The van der Waals surface area contributed by atoms with Crippen LogP contribution in [0.5, 0.6) is 0 Å². The van der Waals surface area contributed by atoms with Gasteiger partial charge in [-0.1, -0.05) is 20.8 Å². The summed E-state index contributed by atoms with van der Waals surface area (Å²) in [5.74, 6) is 0. The van der Waals surface area contributed by atoms with Gasteiger partial charge in [0, 0.05) is 18.7 Å². The van der Waals surface area contributed by atoms with Crippen LogP contribution in [0.25, 0.3) is 5.52 Å². The average molecular weight is 177 g/mol. The molecule has 0 unspecified atom stereocenters. The minimum Gasteiger partial charge on any atom is -0.275 e. The molecule has 0 radical (unpaired) electrons. The first kappa shape index (κ1) is 8.35. The topological polar surface area (TPSA) is 22.2 Å². The molecular weight excluding hydrogens is 162 g/mol. The van der Waals surface area contributed by atoms with Crippen molar-refractivity contribution in [3.8, 4) is 0 Å². The summed E-state index contributed by atoms with van der Waals surface area (Å²) in [6, 6.07) is 4.21. The van der Waals surface area contributed by atoms with Gasteiger partial charge in [-0.25, -0.2) is 0 Å². The summed E-state index contributed by atoms with van der Waals surface area (Å²) in [4.78, 5) is 0. The highest BCUT2D eigenvalue weighted by atomic mass is 15.5. The van der Waals surface area contributed by atoms with E-state index >= 15 is 0 Å². The van der Waals surface area contributed by atoms with Gasteiger partial charge in [0.1, 0.15) is 0 Å². The van der Waals surface area contributed by atoms with Crippen LogP contribution in [0.2, 0.25) is 0 Å². The van der Waals surface area contributed by atoms with Crippen LogP contribution in [0.1, 0.15) is 26.5 Å². The van der Waals surface area contributed by atoms with Gasteiger partial charge in [-0.15, -0.1) is 0 Å². The van der Waals surface area contributed by atoms with E-state index in [1.165, 1.54) is 0 Å². The third-order valence-electron chi connectivity index (χ3n) is 2.25. The maximum absolute atomic E-state index is 4.52. The Morgan fingerprint density at radius 3 is 2.54 bits per heavy atom. The van der Waals surface area contributed by atoms with Crippen LogP contribution < -0.4 is 0 Å². The summed E-state index contributed by atoms with van der Waals surface area (Å²) in [5, 5.41) is 4.52. The number of aryl methyl sites for hydroxylation is 1. The lowest BCUT2D eigenvalue weighted by Crippen LogP contribution is -2.12. The van der Waals surface area contributed by atoms with Crippen molar-refractivity contribution in [1.82, 2.24) is 14.4 Å². The molecule has 0 aromatic carbocycles. The molecule has 3 nitrogen and oxygen atoms in total. The predicted molar refractivity (Wildman–Crippen MR) is 52.9 cm³/mol. The van der Waals surface area contributed by atoms with E-state index in [1.807, 2.05) is 22.6 Å². The molecule has 0 aliphatic heterocycles.